The lowest BCUT2D eigenvalue weighted by molar-refractivity contribution is -0.115. The van der Waals surface area contributed by atoms with E-state index in [0.717, 1.165) is 11.3 Å². The molecule has 20 heavy (non-hydrogen) atoms. The number of aryl methyl sites for hydroxylation is 2. The number of amides is 1. The average molecular weight is 274 g/mol. The molecule has 1 aliphatic rings. The molecule has 0 aliphatic heterocycles. The minimum absolute atomic E-state index is 0.0567. The van der Waals surface area contributed by atoms with Gasteiger partial charge in [-0.05, 0) is 38.3 Å². The van der Waals surface area contributed by atoms with Crippen LogP contribution in [0.15, 0.2) is 18.2 Å². The van der Waals surface area contributed by atoms with Crippen molar-refractivity contribution in [3.05, 3.63) is 29.3 Å². The highest BCUT2D eigenvalue weighted by Gasteiger charge is 2.13. The number of hydrogen-bond acceptors (Lipinski definition) is 2. The number of carbonyl (C=O) groups is 1. The first-order valence-electron chi connectivity index (χ1n) is 7.75. The largest absolute Gasteiger partial charge is 0.325 e. The van der Waals surface area contributed by atoms with E-state index in [1.54, 1.807) is 0 Å². The Balaban J connectivity index is 1.79. The Morgan fingerprint density at radius 1 is 1.15 bits per heavy atom. The zero-order chi connectivity index (χ0) is 14.4. The Morgan fingerprint density at radius 3 is 2.50 bits per heavy atom. The molecule has 2 N–H and O–H groups in total. The van der Waals surface area contributed by atoms with Gasteiger partial charge in [-0.2, -0.15) is 0 Å². The lowest BCUT2D eigenvalue weighted by Crippen LogP contribution is -2.35. The highest BCUT2D eigenvalue weighted by molar-refractivity contribution is 5.93. The standard InChI is InChI=1S/C17H26N2O/c1-13-9-10-16(14(2)11-13)19-17(20)12-18-15-7-5-3-4-6-8-15/h9-11,15,18H,3-8,12H2,1-2H3,(H,19,20). The number of carbonyl (C=O) groups excluding carboxylic acids is 1. The molecular weight excluding hydrogens is 248 g/mol. The predicted molar refractivity (Wildman–Crippen MR) is 84.0 cm³/mol. The number of rotatable bonds is 4. The van der Waals surface area contributed by atoms with Crippen molar-refractivity contribution in [1.29, 1.82) is 0 Å². The van der Waals surface area contributed by atoms with Crippen LogP contribution in [0.3, 0.4) is 0 Å². The quantitative estimate of drug-likeness (QED) is 0.824. The third kappa shape index (κ3) is 4.64. The second kappa shape index (κ2) is 7.44. The predicted octanol–water partition coefficient (Wildman–Crippen LogP) is 3.55. The van der Waals surface area contributed by atoms with Crippen molar-refractivity contribution in [3.63, 3.8) is 0 Å². The van der Waals surface area contributed by atoms with Crippen molar-refractivity contribution in [3.8, 4) is 0 Å². The molecule has 0 saturated heterocycles. The Bertz CT molecular complexity index is 448. The molecule has 0 atom stereocenters. The van der Waals surface area contributed by atoms with E-state index in [2.05, 4.69) is 23.6 Å². The summed E-state index contributed by atoms with van der Waals surface area (Å²) in [6.07, 6.45) is 7.67. The number of anilines is 1. The van der Waals surface area contributed by atoms with E-state index in [9.17, 15) is 4.79 Å². The molecule has 110 valence electrons. The molecule has 1 aromatic rings. The van der Waals surface area contributed by atoms with Crippen LogP contribution < -0.4 is 10.6 Å². The van der Waals surface area contributed by atoms with E-state index in [-0.39, 0.29) is 5.91 Å². The van der Waals surface area contributed by atoms with E-state index in [1.165, 1.54) is 44.1 Å². The van der Waals surface area contributed by atoms with Crippen molar-refractivity contribution in [2.75, 3.05) is 11.9 Å². The van der Waals surface area contributed by atoms with Crippen molar-refractivity contribution < 1.29 is 4.79 Å². The highest BCUT2D eigenvalue weighted by atomic mass is 16.1. The zero-order valence-electron chi connectivity index (χ0n) is 12.7. The Morgan fingerprint density at radius 2 is 1.85 bits per heavy atom. The fourth-order valence-electron chi connectivity index (χ4n) is 2.87. The van der Waals surface area contributed by atoms with E-state index in [0.29, 0.717) is 12.6 Å². The molecule has 1 aliphatic carbocycles. The monoisotopic (exact) mass is 274 g/mol. The van der Waals surface area contributed by atoms with Gasteiger partial charge in [0.05, 0.1) is 6.54 Å². The molecule has 2 rings (SSSR count). The van der Waals surface area contributed by atoms with E-state index >= 15 is 0 Å². The molecule has 0 unspecified atom stereocenters. The lowest BCUT2D eigenvalue weighted by atomic mass is 10.1. The van der Waals surface area contributed by atoms with Gasteiger partial charge in [-0.3, -0.25) is 4.79 Å². The first-order chi connectivity index (χ1) is 9.65. The molecule has 1 saturated carbocycles. The van der Waals surface area contributed by atoms with Crippen molar-refractivity contribution >= 4 is 11.6 Å². The van der Waals surface area contributed by atoms with Crippen molar-refractivity contribution in [1.82, 2.24) is 5.32 Å². The fourth-order valence-corrected chi connectivity index (χ4v) is 2.87. The molecular formula is C17H26N2O. The number of nitrogens with one attached hydrogen (secondary N) is 2. The summed E-state index contributed by atoms with van der Waals surface area (Å²) in [7, 11) is 0. The number of benzene rings is 1. The summed E-state index contributed by atoms with van der Waals surface area (Å²) in [6, 6.07) is 6.62. The summed E-state index contributed by atoms with van der Waals surface area (Å²) in [5.41, 5.74) is 3.26. The van der Waals surface area contributed by atoms with Crippen LogP contribution in [0.25, 0.3) is 0 Å². The van der Waals surface area contributed by atoms with E-state index in [4.69, 9.17) is 0 Å². The molecule has 0 aromatic heterocycles. The zero-order valence-corrected chi connectivity index (χ0v) is 12.7. The van der Waals surface area contributed by atoms with Gasteiger partial charge in [0.2, 0.25) is 5.91 Å². The van der Waals surface area contributed by atoms with Crippen LogP contribution in [-0.4, -0.2) is 18.5 Å². The summed E-state index contributed by atoms with van der Waals surface area (Å²) in [6.45, 7) is 4.51. The summed E-state index contributed by atoms with van der Waals surface area (Å²) in [5.74, 6) is 0.0567. The minimum Gasteiger partial charge on any atom is -0.325 e. The van der Waals surface area contributed by atoms with Crippen molar-refractivity contribution in [2.24, 2.45) is 0 Å². The van der Waals surface area contributed by atoms with Gasteiger partial charge >= 0.3 is 0 Å². The van der Waals surface area contributed by atoms with E-state index in [1.807, 2.05) is 19.1 Å². The van der Waals surface area contributed by atoms with Crippen LogP contribution in [0.5, 0.6) is 0 Å². The van der Waals surface area contributed by atoms with E-state index < -0.39 is 0 Å². The van der Waals surface area contributed by atoms with Crippen LogP contribution in [0.2, 0.25) is 0 Å². The fraction of sp³-hybridized carbons (Fsp3) is 0.588. The maximum atomic E-state index is 12.0. The maximum absolute atomic E-state index is 12.0. The molecule has 1 fully saturated rings. The summed E-state index contributed by atoms with van der Waals surface area (Å²) in [5, 5.41) is 6.39. The van der Waals surface area contributed by atoms with Crippen LogP contribution >= 0.6 is 0 Å². The normalized spacial score (nSPS) is 16.7. The van der Waals surface area contributed by atoms with Crippen LogP contribution in [-0.2, 0) is 4.79 Å². The second-order valence-corrected chi connectivity index (χ2v) is 5.94. The number of hydrogen-bond donors (Lipinski definition) is 2. The highest BCUT2D eigenvalue weighted by Crippen LogP contribution is 2.18. The summed E-state index contributed by atoms with van der Waals surface area (Å²) >= 11 is 0. The Hall–Kier alpha value is -1.35. The Labute approximate surface area is 122 Å². The first kappa shape index (κ1) is 15.0. The third-order valence-electron chi connectivity index (χ3n) is 4.06. The lowest BCUT2D eigenvalue weighted by Gasteiger charge is -2.16. The van der Waals surface area contributed by atoms with Gasteiger partial charge in [0, 0.05) is 11.7 Å². The molecule has 0 bridgehead atoms. The smallest absolute Gasteiger partial charge is 0.238 e. The third-order valence-corrected chi connectivity index (χ3v) is 4.06. The van der Waals surface area contributed by atoms with Gasteiger partial charge in [-0.25, -0.2) is 0 Å². The molecule has 1 amide bonds. The van der Waals surface area contributed by atoms with Gasteiger partial charge in [0.25, 0.3) is 0 Å². The van der Waals surface area contributed by atoms with Gasteiger partial charge in [-0.1, -0.05) is 43.4 Å². The van der Waals surface area contributed by atoms with Crippen LogP contribution in [0.4, 0.5) is 5.69 Å². The molecule has 0 spiro atoms. The van der Waals surface area contributed by atoms with Gasteiger partial charge in [-0.15, -0.1) is 0 Å². The minimum atomic E-state index is 0.0567. The van der Waals surface area contributed by atoms with Gasteiger partial charge < -0.3 is 10.6 Å². The maximum Gasteiger partial charge on any atom is 0.238 e. The molecule has 1 aromatic carbocycles. The van der Waals surface area contributed by atoms with Gasteiger partial charge in [0.15, 0.2) is 0 Å². The molecule has 3 nitrogen and oxygen atoms in total. The van der Waals surface area contributed by atoms with Crippen LogP contribution in [0.1, 0.15) is 49.7 Å². The molecule has 0 radical (unpaired) electrons. The van der Waals surface area contributed by atoms with Crippen molar-refractivity contribution in [2.45, 2.75) is 58.4 Å². The summed E-state index contributed by atoms with van der Waals surface area (Å²) < 4.78 is 0. The summed E-state index contributed by atoms with van der Waals surface area (Å²) in [4.78, 5) is 12.0. The first-order valence-corrected chi connectivity index (χ1v) is 7.75. The molecule has 0 heterocycles. The Kier molecular flexibility index (Phi) is 5.60. The SMILES string of the molecule is Cc1ccc(NC(=O)CNC2CCCCCC2)c(C)c1. The average Bonchev–Trinajstić information content (AvgIpc) is 2.68. The molecule has 3 heteroatoms. The second-order valence-electron chi connectivity index (χ2n) is 5.94. The van der Waals surface area contributed by atoms with Gasteiger partial charge in [0.1, 0.15) is 0 Å². The topological polar surface area (TPSA) is 41.1 Å². The van der Waals surface area contributed by atoms with Crippen LogP contribution in [0, 0.1) is 13.8 Å².